The van der Waals surface area contributed by atoms with Crippen molar-refractivity contribution in [2.24, 2.45) is 5.92 Å². The minimum absolute atomic E-state index is 0.0293. The summed E-state index contributed by atoms with van der Waals surface area (Å²) in [6, 6.07) is 5.01. The average Bonchev–Trinajstić information content (AvgIpc) is 2.66. The fourth-order valence-corrected chi connectivity index (χ4v) is 2.96. The van der Waals surface area contributed by atoms with Crippen LogP contribution >= 0.6 is 0 Å². The Morgan fingerprint density at radius 2 is 1.96 bits per heavy atom. The molecule has 0 aliphatic carbocycles. The maximum atomic E-state index is 12.9. The van der Waals surface area contributed by atoms with Gasteiger partial charge in [-0.3, -0.25) is 19.3 Å². The van der Waals surface area contributed by atoms with Crippen LogP contribution in [0.1, 0.15) is 63.7 Å². The fraction of sp³-hybridized carbons (Fsp3) is 0.571. The van der Waals surface area contributed by atoms with Crippen molar-refractivity contribution < 1.29 is 23.9 Å². The van der Waals surface area contributed by atoms with Crippen molar-refractivity contribution in [3.8, 4) is 5.75 Å². The van der Waals surface area contributed by atoms with E-state index in [1.54, 1.807) is 25.1 Å². The standard InChI is InChI=1S/C21H29NO5/c1-5-7-8-11-26-19(24)13-22-16-12-15(17(23)6-2)9-10-18(16)27-20(14(3)4)21(22)25/h9-10,12,14,20H,5-8,11,13H2,1-4H3. The van der Waals surface area contributed by atoms with Gasteiger partial charge in [-0.25, -0.2) is 0 Å². The van der Waals surface area contributed by atoms with Gasteiger partial charge in [-0.2, -0.15) is 0 Å². The number of Topliss-reactive ketones (excluding diaryl/α,β-unsaturated/α-hetero) is 1. The molecule has 1 unspecified atom stereocenters. The Balaban J connectivity index is 2.26. The highest BCUT2D eigenvalue weighted by Gasteiger charge is 2.37. The molecule has 1 heterocycles. The summed E-state index contributed by atoms with van der Waals surface area (Å²) >= 11 is 0. The predicted molar refractivity (Wildman–Crippen MR) is 103 cm³/mol. The van der Waals surface area contributed by atoms with Gasteiger partial charge in [0.25, 0.3) is 5.91 Å². The van der Waals surface area contributed by atoms with Crippen molar-refractivity contribution in [3.05, 3.63) is 23.8 Å². The maximum Gasteiger partial charge on any atom is 0.326 e. The van der Waals surface area contributed by atoms with Crippen molar-refractivity contribution in [3.63, 3.8) is 0 Å². The van der Waals surface area contributed by atoms with E-state index in [0.717, 1.165) is 19.3 Å². The lowest BCUT2D eigenvalue weighted by molar-refractivity contribution is -0.144. The van der Waals surface area contributed by atoms with Crippen LogP contribution in [0.5, 0.6) is 5.75 Å². The van der Waals surface area contributed by atoms with Gasteiger partial charge in [0.2, 0.25) is 0 Å². The molecule has 0 fully saturated rings. The van der Waals surface area contributed by atoms with Crippen LogP contribution in [-0.2, 0) is 14.3 Å². The smallest absolute Gasteiger partial charge is 0.326 e. The maximum absolute atomic E-state index is 12.9. The Hall–Kier alpha value is -2.37. The SMILES string of the molecule is CCCCCOC(=O)CN1C(=O)C(C(C)C)Oc2ccc(C(=O)CC)cc21. The second-order valence-corrected chi connectivity index (χ2v) is 7.09. The number of unbranched alkanes of at least 4 members (excludes halogenated alkanes) is 2. The molecule has 0 bridgehead atoms. The fourth-order valence-electron chi connectivity index (χ4n) is 2.96. The number of carbonyl (C=O) groups excluding carboxylic acids is 3. The Kier molecular flexibility index (Phi) is 7.39. The molecule has 0 N–H and O–H groups in total. The quantitative estimate of drug-likeness (QED) is 0.373. The van der Waals surface area contributed by atoms with Crippen LogP contribution < -0.4 is 9.64 Å². The first-order valence-electron chi connectivity index (χ1n) is 9.69. The van der Waals surface area contributed by atoms with Gasteiger partial charge in [0.15, 0.2) is 11.9 Å². The lowest BCUT2D eigenvalue weighted by atomic mass is 10.0. The molecule has 6 heteroatoms. The number of esters is 1. The highest BCUT2D eigenvalue weighted by atomic mass is 16.5. The number of nitrogens with zero attached hydrogens (tertiary/aromatic N) is 1. The average molecular weight is 375 g/mol. The molecule has 0 radical (unpaired) electrons. The van der Waals surface area contributed by atoms with Gasteiger partial charge in [-0.1, -0.05) is 40.5 Å². The number of benzene rings is 1. The largest absolute Gasteiger partial charge is 0.478 e. The molecule has 1 atom stereocenters. The number of amides is 1. The van der Waals surface area contributed by atoms with Crippen molar-refractivity contribution in [2.45, 2.75) is 59.5 Å². The number of hydrogen-bond acceptors (Lipinski definition) is 5. The highest BCUT2D eigenvalue weighted by molar-refractivity contribution is 6.05. The Bertz CT molecular complexity index is 698. The topological polar surface area (TPSA) is 72.9 Å². The van der Waals surface area contributed by atoms with E-state index in [1.165, 1.54) is 4.90 Å². The van der Waals surface area contributed by atoms with Gasteiger partial charge >= 0.3 is 5.97 Å². The Morgan fingerprint density at radius 3 is 2.59 bits per heavy atom. The number of carbonyl (C=O) groups is 3. The van der Waals surface area contributed by atoms with Crippen LogP contribution in [-0.4, -0.2) is 36.9 Å². The summed E-state index contributed by atoms with van der Waals surface area (Å²) in [5.41, 5.74) is 0.943. The van der Waals surface area contributed by atoms with E-state index in [4.69, 9.17) is 9.47 Å². The number of hydrogen-bond donors (Lipinski definition) is 0. The predicted octanol–water partition coefficient (Wildman–Crippen LogP) is 3.76. The molecule has 2 rings (SSSR count). The summed E-state index contributed by atoms with van der Waals surface area (Å²) in [4.78, 5) is 38.6. The number of anilines is 1. The van der Waals surface area contributed by atoms with Crippen LogP contribution in [0, 0.1) is 5.92 Å². The highest BCUT2D eigenvalue weighted by Crippen LogP contribution is 2.36. The minimum atomic E-state index is -0.668. The number of ether oxygens (including phenoxy) is 2. The van der Waals surface area contributed by atoms with Crippen molar-refractivity contribution in [1.29, 1.82) is 0 Å². The normalized spacial score (nSPS) is 16.1. The van der Waals surface area contributed by atoms with Crippen LogP contribution in [0.3, 0.4) is 0 Å². The molecule has 1 amide bonds. The summed E-state index contributed by atoms with van der Waals surface area (Å²) in [6.45, 7) is 7.80. The molecular weight excluding hydrogens is 346 g/mol. The van der Waals surface area contributed by atoms with Crippen LogP contribution in [0.4, 0.5) is 5.69 Å². The lowest BCUT2D eigenvalue weighted by Gasteiger charge is -2.35. The van der Waals surface area contributed by atoms with Crippen LogP contribution in [0.2, 0.25) is 0 Å². The van der Waals surface area contributed by atoms with E-state index in [1.807, 2.05) is 13.8 Å². The first-order chi connectivity index (χ1) is 12.9. The summed E-state index contributed by atoms with van der Waals surface area (Å²) in [7, 11) is 0. The summed E-state index contributed by atoms with van der Waals surface area (Å²) < 4.78 is 11.1. The lowest BCUT2D eigenvalue weighted by Crippen LogP contribution is -2.50. The molecule has 1 aromatic rings. The first-order valence-corrected chi connectivity index (χ1v) is 9.69. The van der Waals surface area contributed by atoms with Crippen molar-refractivity contribution in [1.82, 2.24) is 0 Å². The zero-order valence-corrected chi connectivity index (χ0v) is 16.6. The molecule has 0 aromatic heterocycles. The van der Waals surface area contributed by atoms with E-state index < -0.39 is 12.1 Å². The minimum Gasteiger partial charge on any atom is -0.478 e. The third kappa shape index (κ3) is 5.08. The van der Waals surface area contributed by atoms with E-state index >= 15 is 0 Å². The number of ketones is 1. The second kappa shape index (κ2) is 9.53. The molecule has 1 aliphatic rings. The van der Waals surface area contributed by atoms with Gasteiger partial charge in [0.1, 0.15) is 12.3 Å². The monoisotopic (exact) mass is 375 g/mol. The van der Waals surface area contributed by atoms with E-state index in [9.17, 15) is 14.4 Å². The molecule has 0 saturated carbocycles. The van der Waals surface area contributed by atoms with Gasteiger partial charge in [-0.15, -0.1) is 0 Å². The first kappa shape index (κ1) is 20.9. The zero-order chi connectivity index (χ0) is 20.0. The Morgan fingerprint density at radius 1 is 1.22 bits per heavy atom. The van der Waals surface area contributed by atoms with Crippen LogP contribution in [0.15, 0.2) is 18.2 Å². The molecule has 6 nitrogen and oxygen atoms in total. The van der Waals surface area contributed by atoms with Crippen LogP contribution in [0.25, 0.3) is 0 Å². The Labute approximate surface area is 160 Å². The molecular formula is C21H29NO5. The van der Waals surface area contributed by atoms with Gasteiger partial charge in [0, 0.05) is 12.0 Å². The molecule has 1 aliphatic heterocycles. The second-order valence-electron chi connectivity index (χ2n) is 7.09. The summed E-state index contributed by atoms with van der Waals surface area (Å²) in [5, 5.41) is 0. The molecule has 27 heavy (non-hydrogen) atoms. The van der Waals surface area contributed by atoms with Crippen molar-refractivity contribution in [2.75, 3.05) is 18.1 Å². The molecule has 0 saturated heterocycles. The van der Waals surface area contributed by atoms with Gasteiger partial charge in [0.05, 0.1) is 12.3 Å². The number of rotatable bonds is 9. The van der Waals surface area contributed by atoms with Gasteiger partial charge < -0.3 is 9.47 Å². The summed E-state index contributed by atoms with van der Waals surface area (Å²) in [6.07, 6.45) is 2.53. The van der Waals surface area contributed by atoms with E-state index in [2.05, 4.69) is 6.92 Å². The molecule has 148 valence electrons. The summed E-state index contributed by atoms with van der Waals surface area (Å²) in [5.74, 6) is -0.324. The third-order valence-corrected chi connectivity index (χ3v) is 4.56. The van der Waals surface area contributed by atoms with E-state index in [-0.39, 0.29) is 24.2 Å². The third-order valence-electron chi connectivity index (χ3n) is 4.56. The van der Waals surface area contributed by atoms with E-state index in [0.29, 0.717) is 30.0 Å². The molecule has 0 spiro atoms. The number of fused-ring (bicyclic) bond motifs is 1. The van der Waals surface area contributed by atoms with Gasteiger partial charge in [-0.05, 0) is 30.5 Å². The van der Waals surface area contributed by atoms with Crippen molar-refractivity contribution >= 4 is 23.3 Å². The zero-order valence-electron chi connectivity index (χ0n) is 16.6. The molecule has 1 aromatic carbocycles.